The van der Waals surface area contributed by atoms with Crippen LogP contribution in [0.1, 0.15) is 51.4 Å². The molecule has 0 bridgehead atoms. The van der Waals surface area contributed by atoms with Crippen molar-refractivity contribution in [2.24, 2.45) is 0 Å². The molecule has 6 rings (SSSR count). The molecule has 36 heavy (non-hydrogen) atoms. The third-order valence-corrected chi connectivity index (χ3v) is 8.15. The van der Waals surface area contributed by atoms with Crippen molar-refractivity contribution >= 4 is 28.0 Å². The third-order valence-electron chi connectivity index (χ3n) is 8.15. The summed E-state index contributed by atoms with van der Waals surface area (Å²) in [5, 5.41) is 0. The Balaban J connectivity index is 0.000000202. The maximum atomic E-state index is 2.49. The molecule has 0 heterocycles. The molecule has 0 aromatic heterocycles. The molecule has 0 radical (unpaired) electrons. The zero-order valence-electron chi connectivity index (χ0n) is 21.4. The van der Waals surface area contributed by atoms with Gasteiger partial charge in [0, 0.05) is 32.1 Å². The van der Waals surface area contributed by atoms with Gasteiger partial charge in [0.25, 0.3) is 0 Å². The van der Waals surface area contributed by atoms with Gasteiger partial charge in [-0.25, -0.2) is 0 Å². The lowest BCUT2D eigenvalue weighted by Crippen LogP contribution is -2.74. The molecule has 4 aromatic carbocycles. The monoisotopic (exact) mass is 468 g/mol. The van der Waals surface area contributed by atoms with Crippen LogP contribution < -0.4 is 21.9 Å². The fourth-order valence-corrected chi connectivity index (χ4v) is 6.41. The van der Waals surface area contributed by atoms with Gasteiger partial charge in [0.1, 0.15) is 11.7 Å². The first-order valence-corrected chi connectivity index (χ1v) is 13.8. The molecule has 180 valence electrons. The van der Waals surface area contributed by atoms with Crippen LogP contribution in [0, 0.1) is 6.42 Å². The van der Waals surface area contributed by atoms with E-state index in [0.717, 1.165) is 0 Å². The molecule has 2 aliphatic rings. The predicted molar refractivity (Wildman–Crippen MR) is 158 cm³/mol. The van der Waals surface area contributed by atoms with Crippen LogP contribution in [0.15, 0.2) is 132 Å². The predicted octanol–water partition coefficient (Wildman–Crippen LogP) is 6.70. The van der Waals surface area contributed by atoms with Crippen LogP contribution in [0.2, 0.25) is 0 Å². The zero-order valence-corrected chi connectivity index (χ0v) is 21.4. The highest BCUT2D eigenvalue weighted by Crippen LogP contribution is 2.33. The summed E-state index contributed by atoms with van der Waals surface area (Å²) in [4.78, 5) is 0. The Morgan fingerprint density at radius 3 is 1.25 bits per heavy atom. The minimum Gasteiger partial charge on any atom is -0.195 e. The molecule has 0 aliphatic heterocycles. The summed E-state index contributed by atoms with van der Waals surface area (Å²) >= 11 is 0. The summed E-state index contributed by atoms with van der Waals surface area (Å²) < 4.78 is 0. The van der Waals surface area contributed by atoms with Crippen molar-refractivity contribution < 1.29 is 0 Å². The van der Waals surface area contributed by atoms with Gasteiger partial charge in [-0.3, -0.25) is 0 Å². The van der Waals surface area contributed by atoms with Crippen LogP contribution in [-0.2, 0) is 0 Å². The van der Waals surface area contributed by atoms with E-state index < -0.39 is 6.15 Å². The molecule has 4 aromatic rings. The van der Waals surface area contributed by atoms with Crippen LogP contribution in [-0.4, -0.2) is 6.15 Å². The van der Waals surface area contributed by atoms with E-state index in [4.69, 9.17) is 0 Å². The summed E-state index contributed by atoms with van der Waals surface area (Å²) in [6.45, 7) is 0. The second-order valence-corrected chi connectivity index (χ2v) is 10.3. The summed E-state index contributed by atoms with van der Waals surface area (Å²) in [7, 11) is 0. The first-order chi connectivity index (χ1) is 17.9. The Labute approximate surface area is 218 Å². The van der Waals surface area contributed by atoms with Crippen molar-refractivity contribution in [1.82, 2.24) is 0 Å². The molecule has 0 fully saturated rings. The van der Waals surface area contributed by atoms with Crippen LogP contribution in [0.5, 0.6) is 0 Å². The lowest BCUT2D eigenvalue weighted by atomic mass is 9.13. The molecule has 1 heteroatoms. The lowest BCUT2D eigenvalue weighted by Gasteiger charge is -2.44. The number of benzene rings is 4. The summed E-state index contributed by atoms with van der Waals surface area (Å²) in [6, 6.07) is 43.5. The highest BCUT2D eigenvalue weighted by molar-refractivity contribution is 7.19. The van der Waals surface area contributed by atoms with E-state index in [1.165, 1.54) is 73.2 Å². The number of allylic oxidation sites excluding steroid dienone is 2. The van der Waals surface area contributed by atoms with Crippen molar-refractivity contribution in [2.75, 3.05) is 0 Å². The molecule has 0 N–H and O–H groups in total. The van der Waals surface area contributed by atoms with E-state index in [2.05, 4.69) is 128 Å². The molecule has 2 aliphatic carbocycles. The lowest BCUT2D eigenvalue weighted by molar-refractivity contribution is 0.695. The number of hydrogen-bond donors (Lipinski definition) is 0. The Hall–Kier alpha value is -3.45. The van der Waals surface area contributed by atoms with E-state index >= 15 is 0 Å². The third kappa shape index (κ3) is 5.21. The van der Waals surface area contributed by atoms with Gasteiger partial charge >= 0.3 is 0 Å². The van der Waals surface area contributed by atoms with E-state index in [1.54, 1.807) is 11.1 Å². The van der Waals surface area contributed by atoms with Gasteiger partial charge < -0.3 is 0 Å². The maximum absolute atomic E-state index is 2.49. The van der Waals surface area contributed by atoms with Crippen molar-refractivity contribution in [2.45, 2.75) is 51.4 Å². The van der Waals surface area contributed by atoms with Crippen molar-refractivity contribution in [3.05, 3.63) is 139 Å². The first kappa shape index (κ1) is 24.3. The zero-order chi connectivity index (χ0) is 24.5. The minimum atomic E-state index is -1.22. The molecule has 0 spiro atoms. The van der Waals surface area contributed by atoms with Crippen molar-refractivity contribution in [3.8, 4) is 0 Å². The minimum absolute atomic E-state index is 1.22. The van der Waals surface area contributed by atoms with Crippen molar-refractivity contribution in [3.63, 3.8) is 0 Å². The Bertz CT molecular complexity index is 1050. The van der Waals surface area contributed by atoms with Gasteiger partial charge in [0.15, 0.2) is 0 Å². The van der Waals surface area contributed by atoms with Gasteiger partial charge in [0.05, 0.1) is 5.57 Å². The quantitative estimate of drug-likeness (QED) is 0.231. The van der Waals surface area contributed by atoms with E-state index in [1.807, 2.05) is 0 Å². The second-order valence-electron chi connectivity index (χ2n) is 10.3. The van der Waals surface area contributed by atoms with Gasteiger partial charge in [-0.15, -0.1) is 0 Å². The number of rotatable bonds is 4. The molecule has 0 saturated carbocycles. The number of hydrogen-bond acceptors (Lipinski definition) is 0. The molecule has 0 nitrogen and oxygen atoms in total. The van der Waals surface area contributed by atoms with E-state index in [-0.39, 0.29) is 0 Å². The fraction of sp³-hybridized carbons (Fsp3) is 0.229. The van der Waals surface area contributed by atoms with Gasteiger partial charge in [0.2, 0.25) is 0 Å². The highest BCUT2D eigenvalue weighted by Gasteiger charge is 2.31. The molecule has 0 amide bonds. The van der Waals surface area contributed by atoms with E-state index in [0.29, 0.717) is 0 Å². The SMILES string of the molecule is [CH+]1CCCC2=C1CCCCC2.c1ccc([B-](c2ccccc2)(c2ccccc2)c2ccccc2)cc1. The molecular formula is C35H37B. The molecule has 0 atom stereocenters. The Morgan fingerprint density at radius 1 is 0.417 bits per heavy atom. The molecule has 0 saturated heterocycles. The average Bonchev–Trinajstić information content (AvgIpc) is 3.22. The van der Waals surface area contributed by atoms with Crippen LogP contribution in [0.4, 0.5) is 0 Å². The highest BCUT2D eigenvalue weighted by atomic mass is 14.2. The summed E-state index contributed by atoms with van der Waals surface area (Å²) in [5.74, 6) is 0. The van der Waals surface area contributed by atoms with E-state index in [9.17, 15) is 0 Å². The van der Waals surface area contributed by atoms with Crippen LogP contribution >= 0.6 is 0 Å². The fourth-order valence-electron chi connectivity index (χ4n) is 6.41. The van der Waals surface area contributed by atoms with Crippen LogP contribution in [0.3, 0.4) is 0 Å². The average molecular weight is 468 g/mol. The van der Waals surface area contributed by atoms with Gasteiger partial charge in [-0.05, 0) is 19.3 Å². The molecular weight excluding hydrogens is 431 g/mol. The first-order valence-electron chi connectivity index (χ1n) is 13.8. The Kier molecular flexibility index (Phi) is 8.08. The standard InChI is InChI=1S/C24H20B.C11H17/c1-5-13-21(14-6-1)25(22-15-7-2-8-16-22,23-17-9-3-10-18-23)24-19-11-4-12-20-24;1-2-6-10-8-4-5-9-11(10)7-3-1/h1-20H;8H,1-7,9H2/q-1;+1. The smallest absolute Gasteiger partial charge is 0.108 e. The largest absolute Gasteiger partial charge is 0.195 e. The normalized spacial score (nSPS) is 15.6. The Morgan fingerprint density at radius 2 is 0.806 bits per heavy atom. The summed E-state index contributed by atoms with van der Waals surface area (Å²) in [6.07, 6.45) is 12.6. The summed E-state index contributed by atoms with van der Waals surface area (Å²) in [5.41, 5.74) is 8.89. The maximum Gasteiger partial charge on any atom is 0.108 e. The van der Waals surface area contributed by atoms with Crippen molar-refractivity contribution in [1.29, 1.82) is 0 Å². The molecule has 0 unspecified atom stereocenters. The van der Waals surface area contributed by atoms with Gasteiger partial charge in [-0.2, -0.15) is 21.9 Å². The van der Waals surface area contributed by atoms with Crippen LogP contribution in [0.25, 0.3) is 0 Å². The van der Waals surface area contributed by atoms with Gasteiger partial charge in [-0.1, -0.05) is 128 Å². The second kappa shape index (κ2) is 12.0. The topological polar surface area (TPSA) is 0 Å².